The van der Waals surface area contributed by atoms with E-state index < -0.39 is 44.4 Å². The number of likely N-dealkylation sites (N-methyl/N-ethyl adjacent to an activating group) is 3. The second-order valence-electron chi connectivity index (χ2n) is 13.6. The summed E-state index contributed by atoms with van der Waals surface area (Å²) in [6, 6.07) is -2.72. The molecule has 1 unspecified atom stereocenters. The Kier molecular flexibility index (Phi) is 15.1. The van der Waals surface area contributed by atoms with E-state index >= 15 is 0 Å². The molecule has 5 amide bonds. The standard InChI is InChI=1S/C29H58N4O6Si/c1-19(2)14-15-23(35)31(9)22(18-20(3)4)27(37)33(11)28(38)32(10)24(26(30)36)25(21(5)16-17-34)39-40(12,13)29(6,7)8/h19-22,24-25,34H,14-18H2,1-13H3,(H2,30,36)/t21-,22?,24+,25-/m1/s1. The highest BCUT2D eigenvalue weighted by Gasteiger charge is 2.46. The monoisotopic (exact) mass is 586 g/mol. The highest BCUT2D eigenvalue weighted by atomic mass is 28.4. The molecule has 0 fully saturated rings. The number of primary amides is 1. The quantitative estimate of drug-likeness (QED) is 0.278. The van der Waals surface area contributed by atoms with Crippen LogP contribution in [0.1, 0.15) is 81.1 Å². The summed E-state index contributed by atoms with van der Waals surface area (Å²) in [5, 5.41) is 9.46. The van der Waals surface area contributed by atoms with Crippen molar-refractivity contribution >= 4 is 32.1 Å². The number of carbonyl (C=O) groups excluding carboxylic acids is 4. The summed E-state index contributed by atoms with van der Waals surface area (Å²) in [5.41, 5.74) is 5.87. The molecule has 4 atom stereocenters. The van der Waals surface area contributed by atoms with Gasteiger partial charge in [0.25, 0.3) is 5.91 Å². The molecule has 0 aliphatic rings. The van der Waals surface area contributed by atoms with Crippen molar-refractivity contribution in [2.75, 3.05) is 27.7 Å². The van der Waals surface area contributed by atoms with Crippen LogP contribution < -0.4 is 5.73 Å². The van der Waals surface area contributed by atoms with Crippen molar-refractivity contribution in [1.29, 1.82) is 0 Å². The summed E-state index contributed by atoms with van der Waals surface area (Å²) in [6.45, 7) is 20.0. The molecule has 0 aliphatic carbocycles. The molecule has 0 aliphatic heterocycles. The van der Waals surface area contributed by atoms with Gasteiger partial charge in [0.15, 0.2) is 8.32 Å². The highest BCUT2D eigenvalue weighted by Crippen LogP contribution is 2.39. The van der Waals surface area contributed by atoms with E-state index in [0.29, 0.717) is 31.6 Å². The summed E-state index contributed by atoms with van der Waals surface area (Å²) < 4.78 is 6.64. The number of imide groups is 1. The van der Waals surface area contributed by atoms with Crippen molar-refractivity contribution < 1.29 is 28.7 Å². The van der Waals surface area contributed by atoms with E-state index in [4.69, 9.17) is 10.2 Å². The molecule has 0 aromatic carbocycles. The van der Waals surface area contributed by atoms with Crippen LogP contribution in [-0.2, 0) is 18.8 Å². The molecule has 0 saturated heterocycles. The van der Waals surface area contributed by atoms with Crippen LogP contribution in [0.15, 0.2) is 0 Å². The number of carbonyl (C=O) groups is 4. The van der Waals surface area contributed by atoms with E-state index in [-0.39, 0.29) is 29.4 Å². The second-order valence-corrected chi connectivity index (χ2v) is 18.3. The van der Waals surface area contributed by atoms with Gasteiger partial charge in [0, 0.05) is 34.2 Å². The van der Waals surface area contributed by atoms with Crippen molar-refractivity contribution in [3.63, 3.8) is 0 Å². The number of rotatable bonds is 15. The first kappa shape index (κ1) is 38.0. The van der Waals surface area contributed by atoms with E-state index in [1.807, 2.05) is 47.7 Å². The SMILES string of the molecule is CC(C)CCC(=O)N(C)C(CC(C)C)C(=O)N(C)C(=O)N(C)[C@H](C(N)=O)[C@H](O[Si](C)(C)C(C)(C)C)[C@H](C)CCO. The minimum absolute atomic E-state index is 0.0931. The fourth-order valence-electron chi connectivity index (χ4n) is 4.26. The zero-order chi connectivity index (χ0) is 31.7. The molecule has 10 nitrogen and oxygen atoms in total. The van der Waals surface area contributed by atoms with Gasteiger partial charge in [-0.25, -0.2) is 4.79 Å². The molecule has 0 aromatic rings. The zero-order valence-corrected chi connectivity index (χ0v) is 28.4. The predicted octanol–water partition coefficient (Wildman–Crippen LogP) is 4.07. The number of hydrogen-bond acceptors (Lipinski definition) is 6. The normalized spacial score (nSPS) is 15.4. The Morgan fingerprint density at radius 1 is 0.900 bits per heavy atom. The Bertz CT molecular complexity index is 858. The van der Waals surface area contributed by atoms with Crippen LogP contribution in [0.3, 0.4) is 0 Å². The number of nitrogens with two attached hydrogens (primary N) is 1. The lowest BCUT2D eigenvalue weighted by molar-refractivity contribution is -0.143. The largest absolute Gasteiger partial charge is 0.411 e. The first-order chi connectivity index (χ1) is 18.1. The molecule has 40 heavy (non-hydrogen) atoms. The lowest BCUT2D eigenvalue weighted by Crippen LogP contribution is -2.61. The lowest BCUT2D eigenvalue weighted by atomic mass is 9.94. The maximum atomic E-state index is 13.7. The first-order valence-corrected chi connectivity index (χ1v) is 17.4. The van der Waals surface area contributed by atoms with Crippen LogP contribution in [0.25, 0.3) is 0 Å². The molecule has 0 aromatic heterocycles. The van der Waals surface area contributed by atoms with Crippen LogP contribution in [0.2, 0.25) is 18.1 Å². The Morgan fingerprint density at radius 3 is 1.82 bits per heavy atom. The molecule has 11 heteroatoms. The van der Waals surface area contributed by atoms with Gasteiger partial charge in [0.1, 0.15) is 12.1 Å². The number of nitrogens with zero attached hydrogens (tertiary/aromatic N) is 3. The zero-order valence-electron chi connectivity index (χ0n) is 27.4. The molecular weight excluding hydrogens is 528 g/mol. The average molecular weight is 587 g/mol. The van der Waals surface area contributed by atoms with Gasteiger partial charge in [-0.05, 0) is 55.1 Å². The Hall–Kier alpha value is -1.98. The van der Waals surface area contributed by atoms with Crippen LogP contribution in [0.5, 0.6) is 0 Å². The smallest absolute Gasteiger partial charge is 0.327 e. The van der Waals surface area contributed by atoms with E-state index in [9.17, 15) is 24.3 Å². The molecule has 0 heterocycles. The van der Waals surface area contributed by atoms with Crippen molar-refractivity contribution in [2.24, 2.45) is 23.5 Å². The molecule has 0 radical (unpaired) electrons. The highest BCUT2D eigenvalue weighted by molar-refractivity contribution is 6.74. The predicted molar refractivity (Wildman–Crippen MR) is 162 cm³/mol. The van der Waals surface area contributed by atoms with Gasteiger partial charge in [-0.2, -0.15) is 0 Å². The van der Waals surface area contributed by atoms with E-state index in [0.717, 1.165) is 4.90 Å². The van der Waals surface area contributed by atoms with Crippen molar-refractivity contribution in [3.05, 3.63) is 0 Å². The fourth-order valence-corrected chi connectivity index (χ4v) is 5.65. The van der Waals surface area contributed by atoms with Crippen LogP contribution >= 0.6 is 0 Å². The van der Waals surface area contributed by atoms with Crippen LogP contribution in [0, 0.1) is 17.8 Å². The van der Waals surface area contributed by atoms with Gasteiger partial charge in [-0.15, -0.1) is 0 Å². The van der Waals surface area contributed by atoms with Gasteiger partial charge in [-0.1, -0.05) is 55.4 Å². The Morgan fingerprint density at radius 2 is 1.43 bits per heavy atom. The topological polar surface area (TPSA) is 133 Å². The van der Waals surface area contributed by atoms with Crippen LogP contribution in [-0.4, -0.2) is 97.8 Å². The summed E-state index contributed by atoms with van der Waals surface area (Å²) in [4.78, 5) is 56.7. The minimum Gasteiger partial charge on any atom is -0.411 e. The lowest BCUT2D eigenvalue weighted by Gasteiger charge is -2.45. The van der Waals surface area contributed by atoms with Crippen molar-refractivity contribution in [3.8, 4) is 0 Å². The first-order valence-electron chi connectivity index (χ1n) is 14.5. The third kappa shape index (κ3) is 10.8. The number of aliphatic hydroxyl groups is 1. The minimum atomic E-state index is -2.43. The third-order valence-corrected chi connectivity index (χ3v) is 12.6. The molecular formula is C29H58N4O6Si. The number of amides is 5. The number of urea groups is 1. The molecule has 0 rings (SSSR count). The number of aliphatic hydroxyl groups excluding tert-OH is 1. The molecule has 0 spiro atoms. The van der Waals surface area contributed by atoms with Gasteiger partial charge in [0.2, 0.25) is 11.8 Å². The van der Waals surface area contributed by atoms with Gasteiger partial charge in [-0.3, -0.25) is 19.3 Å². The maximum absolute atomic E-state index is 13.7. The number of hydrogen-bond donors (Lipinski definition) is 2. The molecule has 3 N–H and O–H groups in total. The van der Waals surface area contributed by atoms with Crippen molar-refractivity contribution in [1.82, 2.24) is 14.7 Å². The molecule has 0 bridgehead atoms. The van der Waals surface area contributed by atoms with Gasteiger partial charge < -0.3 is 25.1 Å². The van der Waals surface area contributed by atoms with E-state index in [1.54, 1.807) is 7.05 Å². The summed E-state index contributed by atoms with van der Waals surface area (Å²) >= 11 is 0. The van der Waals surface area contributed by atoms with Crippen LogP contribution in [0.4, 0.5) is 4.79 Å². The maximum Gasteiger partial charge on any atom is 0.327 e. The summed E-state index contributed by atoms with van der Waals surface area (Å²) in [5.74, 6) is -1.31. The molecule has 234 valence electrons. The molecule has 0 saturated carbocycles. The second kappa shape index (κ2) is 15.9. The Labute approximate surface area is 244 Å². The van der Waals surface area contributed by atoms with Crippen molar-refractivity contribution in [2.45, 2.75) is 117 Å². The average Bonchev–Trinajstić information content (AvgIpc) is 2.82. The van der Waals surface area contributed by atoms with Gasteiger partial charge >= 0.3 is 6.03 Å². The Balaban J connectivity index is 6.30. The third-order valence-electron chi connectivity index (χ3n) is 8.10. The summed E-state index contributed by atoms with van der Waals surface area (Å²) in [7, 11) is 1.96. The fraction of sp³-hybridized carbons (Fsp3) is 0.862. The summed E-state index contributed by atoms with van der Waals surface area (Å²) in [6.07, 6.45) is 0.959. The van der Waals surface area contributed by atoms with E-state index in [1.165, 1.54) is 23.9 Å². The van der Waals surface area contributed by atoms with Gasteiger partial charge in [0.05, 0.1) is 6.10 Å². The van der Waals surface area contributed by atoms with E-state index in [2.05, 4.69) is 20.8 Å².